The van der Waals surface area contributed by atoms with E-state index < -0.39 is 23.8 Å². The molecule has 0 aliphatic rings. The van der Waals surface area contributed by atoms with Crippen LogP contribution in [0.3, 0.4) is 0 Å². The van der Waals surface area contributed by atoms with Crippen molar-refractivity contribution in [3.8, 4) is 0 Å². The average molecular weight is 397 g/mol. The molecular weight excluding hydrogens is 377 g/mol. The Bertz CT molecular complexity index is 1080. The van der Waals surface area contributed by atoms with Gasteiger partial charge in [0, 0.05) is 18.5 Å². The lowest BCUT2D eigenvalue weighted by Crippen LogP contribution is -2.30. The molecule has 1 aromatic heterocycles. The smallest absolute Gasteiger partial charge is 0.306 e. The van der Waals surface area contributed by atoms with Crippen molar-refractivity contribution < 1.29 is 18.7 Å². The monoisotopic (exact) mass is 397 g/mol. The van der Waals surface area contributed by atoms with Crippen LogP contribution in [-0.2, 0) is 20.7 Å². The average Bonchev–Trinajstić information content (AvgIpc) is 2.69. The van der Waals surface area contributed by atoms with Gasteiger partial charge in [0.1, 0.15) is 11.6 Å². The Morgan fingerprint density at radius 3 is 2.66 bits per heavy atom. The molecule has 0 saturated heterocycles. The number of halogens is 1. The van der Waals surface area contributed by atoms with Crippen molar-refractivity contribution in [1.29, 1.82) is 0 Å². The Balaban J connectivity index is 1.47. The second-order valence-corrected chi connectivity index (χ2v) is 6.51. The van der Waals surface area contributed by atoms with E-state index in [1.165, 1.54) is 31.2 Å². The molecule has 0 spiro atoms. The van der Waals surface area contributed by atoms with Crippen LogP contribution in [0.15, 0.2) is 53.3 Å². The van der Waals surface area contributed by atoms with E-state index in [0.29, 0.717) is 35.3 Å². The van der Waals surface area contributed by atoms with E-state index in [0.717, 1.165) is 0 Å². The highest BCUT2D eigenvalue weighted by Gasteiger charge is 2.18. The first-order valence-electron chi connectivity index (χ1n) is 9.16. The van der Waals surface area contributed by atoms with Crippen LogP contribution in [0, 0.1) is 5.82 Å². The summed E-state index contributed by atoms with van der Waals surface area (Å²) in [6.45, 7) is 1.46. The van der Waals surface area contributed by atoms with Gasteiger partial charge >= 0.3 is 5.97 Å². The third-order valence-electron chi connectivity index (χ3n) is 4.25. The number of hydrogen-bond donors (Lipinski definition) is 2. The lowest BCUT2D eigenvalue weighted by atomic mass is 10.2. The van der Waals surface area contributed by atoms with Crippen molar-refractivity contribution in [1.82, 2.24) is 9.97 Å². The zero-order chi connectivity index (χ0) is 20.8. The molecule has 0 unspecified atom stereocenters. The summed E-state index contributed by atoms with van der Waals surface area (Å²) in [7, 11) is 0. The van der Waals surface area contributed by atoms with Crippen molar-refractivity contribution in [2.24, 2.45) is 0 Å². The quantitative estimate of drug-likeness (QED) is 0.597. The van der Waals surface area contributed by atoms with Crippen LogP contribution >= 0.6 is 0 Å². The number of anilines is 1. The van der Waals surface area contributed by atoms with Crippen molar-refractivity contribution in [2.45, 2.75) is 32.3 Å². The zero-order valence-electron chi connectivity index (χ0n) is 15.8. The number of amides is 1. The largest absolute Gasteiger partial charge is 0.453 e. The van der Waals surface area contributed by atoms with Gasteiger partial charge in [0.05, 0.1) is 10.9 Å². The summed E-state index contributed by atoms with van der Waals surface area (Å²) in [4.78, 5) is 43.2. The summed E-state index contributed by atoms with van der Waals surface area (Å²) in [6.07, 6.45) is -0.117. The molecule has 0 aliphatic carbocycles. The fourth-order valence-electron chi connectivity index (χ4n) is 2.74. The molecule has 29 heavy (non-hydrogen) atoms. The number of H-pyrrole nitrogens is 1. The summed E-state index contributed by atoms with van der Waals surface area (Å²) >= 11 is 0. The summed E-state index contributed by atoms with van der Waals surface area (Å²) < 4.78 is 18.0. The number of aryl methyl sites for hydroxylation is 1. The van der Waals surface area contributed by atoms with Gasteiger partial charge in [-0.25, -0.2) is 9.37 Å². The molecular formula is C21H20FN3O4. The number of para-hydroxylation sites is 1. The first kappa shape index (κ1) is 20.2. The molecule has 2 aromatic carbocycles. The molecule has 8 heteroatoms. The van der Waals surface area contributed by atoms with E-state index in [1.54, 1.807) is 24.3 Å². The lowest BCUT2D eigenvalue weighted by Gasteiger charge is -2.13. The number of carbonyl (C=O) groups is 2. The third kappa shape index (κ3) is 5.47. The predicted octanol–water partition coefficient (Wildman–Crippen LogP) is 2.96. The van der Waals surface area contributed by atoms with Crippen molar-refractivity contribution >= 4 is 28.5 Å². The van der Waals surface area contributed by atoms with Gasteiger partial charge in [-0.15, -0.1) is 0 Å². The topological polar surface area (TPSA) is 101 Å². The number of aromatic amines is 1. The molecule has 1 atom stereocenters. The van der Waals surface area contributed by atoms with Crippen LogP contribution < -0.4 is 10.9 Å². The number of esters is 1. The van der Waals surface area contributed by atoms with E-state index in [9.17, 15) is 18.8 Å². The minimum atomic E-state index is -0.994. The SMILES string of the molecule is C[C@@H](OC(=O)CCCc1nc2ccccc2c(=O)[nH]1)C(=O)Nc1ccc(F)cc1. The molecule has 3 rings (SSSR count). The summed E-state index contributed by atoms with van der Waals surface area (Å²) in [6, 6.07) is 12.3. The minimum absolute atomic E-state index is 0.0741. The van der Waals surface area contributed by atoms with Gasteiger partial charge in [-0.1, -0.05) is 12.1 Å². The number of rotatable bonds is 7. The highest BCUT2D eigenvalue weighted by Crippen LogP contribution is 2.11. The third-order valence-corrected chi connectivity index (χ3v) is 4.25. The van der Waals surface area contributed by atoms with Gasteiger partial charge in [0.2, 0.25) is 0 Å². The van der Waals surface area contributed by atoms with E-state index in [2.05, 4.69) is 15.3 Å². The van der Waals surface area contributed by atoms with Crippen LogP contribution in [0.2, 0.25) is 0 Å². The Kier molecular flexibility index (Phi) is 6.33. The fraction of sp³-hybridized carbons (Fsp3) is 0.238. The number of ether oxygens (including phenoxy) is 1. The minimum Gasteiger partial charge on any atom is -0.453 e. The maximum atomic E-state index is 12.9. The Morgan fingerprint density at radius 2 is 1.90 bits per heavy atom. The molecule has 3 aromatic rings. The van der Waals surface area contributed by atoms with Crippen molar-refractivity contribution in [2.75, 3.05) is 5.32 Å². The van der Waals surface area contributed by atoms with Crippen LogP contribution in [0.4, 0.5) is 10.1 Å². The van der Waals surface area contributed by atoms with Gasteiger partial charge < -0.3 is 15.0 Å². The number of hydrogen-bond acceptors (Lipinski definition) is 5. The molecule has 0 fully saturated rings. The van der Waals surface area contributed by atoms with E-state index in [1.807, 2.05) is 0 Å². The van der Waals surface area contributed by atoms with Crippen LogP contribution in [0.1, 0.15) is 25.6 Å². The zero-order valence-corrected chi connectivity index (χ0v) is 15.8. The Morgan fingerprint density at radius 1 is 1.17 bits per heavy atom. The lowest BCUT2D eigenvalue weighted by molar-refractivity contribution is -0.153. The van der Waals surface area contributed by atoms with Crippen molar-refractivity contribution in [3.05, 3.63) is 70.5 Å². The number of benzene rings is 2. The number of nitrogens with one attached hydrogen (secondary N) is 2. The molecule has 0 bridgehead atoms. The second-order valence-electron chi connectivity index (χ2n) is 6.51. The van der Waals surface area contributed by atoms with Gasteiger partial charge in [0.25, 0.3) is 11.5 Å². The van der Waals surface area contributed by atoms with Crippen LogP contribution in [0.25, 0.3) is 10.9 Å². The van der Waals surface area contributed by atoms with Crippen molar-refractivity contribution in [3.63, 3.8) is 0 Å². The van der Waals surface area contributed by atoms with E-state index in [-0.39, 0.29) is 12.0 Å². The summed E-state index contributed by atoms with van der Waals surface area (Å²) in [5, 5.41) is 3.06. The van der Waals surface area contributed by atoms with Gasteiger partial charge in [0.15, 0.2) is 6.10 Å². The molecule has 0 radical (unpaired) electrons. The Labute approximate surface area is 165 Å². The molecule has 0 saturated carbocycles. The number of carbonyl (C=O) groups excluding carboxylic acids is 2. The normalized spacial score (nSPS) is 11.8. The maximum absolute atomic E-state index is 12.9. The fourth-order valence-corrected chi connectivity index (χ4v) is 2.74. The molecule has 1 amide bonds. The highest BCUT2D eigenvalue weighted by atomic mass is 19.1. The standard InChI is InChI=1S/C21H20FN3O4/c1-13(20(27)23-15-11-9-14(22)10-12-15)29-19(26)8-4-7-18-24-17-6-3-2-5-16(17)21(28)25-18/h2-3,5-6,9-13H,4,7-8H2,1H3,(H,23,27)(H,24,25,28)/t13-/m1/s1. The van der Waals surface area contributed by atoms with Gasteiger partial charge in [-0.3, -0.25) is 14.4 Å². The number of nitrogens with zero attached hydrogens (tertiary/aromatic N) is 1. The predicted molar refractivity (Wildman–Crippen MR) is 106 cm³/mol. The van der Waals surface area contributed by atoms with E-state index >= 15 is 0 Å². The number of aromatic nitrogens is 2. The van der Waals surface area contributed by atoms with Gasteiger partial charge in [-0.2, -0.15) is 0 Å². The Hall–Kier alpha value is -3.55. The second kappa shape index (κ2) is 9.09. The molecule has 7 nitrogen and oxygen atoms in total. The summed E-state index contributed by atoms with van der Waals surface area (Å²) in [5.41, 5.74) is 0.782. The molecule has 1 heterocycles. The first-order valence-corrected chi connectivity index (χ1v) is 9.16. The molecule has 150 valence electrons. The molecule has 0 aliphatic heterocycles. The van der Waals surface area contributed by atoms with Crippen LogP contribution in [-0.4, -0.2) is 27.9 Å². The first-order chi connectivity index (χ1) is 13.9. The molecule has 2 N–H and O–H groups in total. The number of fused-ring (bicyclic) bond motifs is 1. The van der Waals surface area contributed by atoms with E-state index in [4.69, 9.17) is 4.74 Å². The maximum Gasteiger partial charge on any atom is 0.306 e. The van der Waals surface area contributed by atoms with Gasteiger partial charge in [-0.05, 0) is 49.7 Å². The van der Waals surface area contributed by atoms with Crippen LogP contribution in [0.5, 0.6) is 0 Å². The highest BCUT2D eigenvalue weighted by molar-refractivity contribution is 5.95. The summed E-state index contributed by atoms with van der Waals surface area (Å²) in [5.74, 6) is -0.964.